The van der Waals surface area contributed by atoms with Crippen LogP contribution in [0.5, 0.6) is 0 Å². The fourth-order valence-corrected chi connectivity index (χ4v) is 6.85. The summed E-state index contributed by atoms with van der Waals surface area (Å²) in [4.78, 5) is 27.9. The number of nitrogens with one attached hydrogen (secondary N) is 2. The van der Waals surface area contributed by atoms with Crippen LogP contribution in [0.2, 0.25) is 0 Å². The minimum absolute atomic E-state index is 0.298. The van der Waals surface area contributed by atoms with E-state index in [2.05, 4.69) is 10.6 Å². The number of benzene rings is 6. The first-order valence-corrected chi connectivity index (χ1v) is 17.2. The van der Waals surface area contributed by atoms with Crippen molar-refractivity contribution in [3.8, 4) is 0 Å². The van der Waals surface area contributed by atoms with E-state index in [9.17, 15) is 19.8 Å². The van der Waals surface area contributed by atoms with Crippen molar-refractivity contribution in [3.63, 3.8) is 0 Å². The highest BCUT2D eigenvalue weighted by Gasteiger charge is 2.43. The van der Waals surface area contributed by atoms with Crippen molar-refractivity contribution in [2.24, 2.45) is 0 Å². The molecule has 256 valence electrons. The lowest BCUT2D eigenvalue weighted by Gasteiger charge is -2.39. The molecule has 6 aromatic rings. The fraction of sp³-hybridized carbons (Fsp3) is 0.156. The molecular weight excluding hydrogens is 633 g/mol. The maximum Gasteiger partial charge on any atom is 0.229 e. The smallest absolute Gasteiger partial charge is 0.229 e. The van der Waals surface area contributed by atoms with E-state index < -0.39 is 41.5 Å². The number of carbonyl (C=O) groups is 2. The summed E-state index contributed by atoms with van der Waals surface area (Å²) in [5.41, 5.74) is 1.03. The maximum absolute atomic E-state index is 13.9. The Morgan fingerprint density at radius 1 is 0.412 bits per heavy atom. The van der Waals surface area contributed by atoms with Crippen molar-refractivity contribution in [3.05, 3.63) is 215 Å². The molecule has 0 fully saturated rings. The van der Waals surface area contributed by atoms with Crippen LogP contribution in [0.15, 0.2) is 182 Å². The number of hydrogen-bond donors (Lipinski definition) is 4. The first-order valence-electron chi connectivity index (χ1n) is 17.2. The van der Waals surface area contributed by atoms with Gasteiger partial charge >= 0.3 is 0 Å². The molecule has 0 aliphatic carbocycles. The summed E-state index contributed by atoms with van der Waals surface area (Å²) in [5, 5.41) is 31.4. The Hall–Kier alpha value is -5.82. The van der Waals surface area contributed by atoms with Gasteiger partial charge in [0, 0.05) is 0 Å². The number of hydrogen-bond acceptors (Lipinski definition) is 4. The Labute approximate surface area is 299 Å². The molecule has 6 heteroatoms. The Morgan fingerprint density at radius 3 is 0.902 bits per heavy atom. The molecule has 6 nitrogen and oxygen atoms in total. The van der Waals surface area contributed by atoms with Gasteiger partial charge in [-0.25, -0.2) is 0 Å². The van der Waals surface area contributed by atoms with Crippen LogP contribution in [0, 0.1) is 0 Å². The topological polar surface area (TPSA) is 98.7 Å². The van der Waals surface area contributed by atoms with Gasteiger partial charge in [0.25, 0.3) is 0 Å². The van der Waals surface area contributed by atoms with E-state index in [1.165, 1.54) is 0 Å². The first-order chi connectivity index (χ1) is 24.9. The second kappa shape index (κ2) is 16.3. The normalized spacial score (nSPS) is 12.7. The summed E-state index contributed by atoms with van der Waals surface area (Å²) in [6.07, 6.45) is 0.0790. The van der Waals surface area contributed by atoms with Gasteiger partial charge < -0.3 is 20.8 Å². The molecule has 0 aromatic heterocycles. The van der Waals surface area contributed by atoms with Crippen LogP contribution in [0.1, 0.15) is 39.8 Å². The minimum atomic E-state index is -1.62. The van der Waals surface area contributed by atoms with E-state index in [0.29, 0.717) is 35.1 Å². The number of carbonyl (C=O) groups excluding carboxylic acids is 2. The molecule has 0 heterocycles. The maximum atomic E-state index is 13.9. The Bertz CT molecular complexity index is 1750. The molecule has 0 aliphatic rings. The van der Waals surface area contributed by atoms with Gasteiger partial charge in [-0.3, -0.25) is 9.59 Å². The molecule has 6 rings (SSSR count). The van der Waals surface area contributed by atoms with E-state index in [1.54, 1.807) is 0 Å². The van der Waals surface area contributed by atoms with Crippen molar-refractivity contribution < 1.29 is 19.8 Å². The molecule has 4 N–H and O–H groups in total. The van der Waals surface area contributed by atoms with Crippen LogP contribution in [-0.2, 0) is 33.6 Å². The fourth-order valence-electron chi connectivity index (χ4n) is 6.85. The molecule has 0 saturated carbocycles. The quantitative estimate of drug-likeness (QED) is 0.0967. The van der Waals surface area contributed by atoms with Crippen molar-refractivity contribution >= 4 is 11.8 Å². The van der Waals surface area contributed by atoms with Gasteiger partial charge in [0.2, 0.25) is 11.8 Å². The zero-order valence-electron chi connectivity index (χ0n) is 28.3. The summed E-state index contributed by atoms with van der Waals surface area (Å²) >= 11 is 0. The predicted molar refractivity (Wildman–Crippen MR) is 201 cm³/mol. The molecule has 6 aromatic carbocycles. The third-order valence-corrected chi connectivity index (χ3v) is 9.42. The lowest BCUT2D eigenvalue weighted by molar-refractivity contribution is -0.132. The first kappa shape index (κ1) is 35.0. The average Bonchev–Trinajstić information content (AvgIpc) is 3.19. The Balaban J connectivity index is 1.32. The lowest BCUT2D eigenvalue weighted by atomic mass is 9.77. The van der Waals surface area contributed by atoms with Crippen LogP contribution in [-0.4, -0.2) is 34.1 Å². The molecule has 0 radical (unpaired) electrons. The van der Waals surface area contributed by atoms with E-state index in [0.717, 1.165) is 11.1 Å². The summed E-state index contributed by atoms with van der Waals surface area (Å²) in [6, 6.07) is 54.7. The van der Waals surface area contributed by atoms with Gasteiger partial charge in [-0.05, 0) is 46.2 Å². The summed E-state index contributed by atoms with van der Waals surface area (Å²) in [6.45, 7) is 0. The molecule has 0 aliphatic heterocycles. The van der Waals surface area contributed by atoms with Crippen LogP contribution in [0.25, 0.3) is 0 Å². The summed E-state index contributed by atoms with van der Waals surface area (Å²) < 4.78 is 0. The second-order valence-corrected chi connectivity index (χ2v) is 12.8. The molecule has 2 amide bonds. The van der Waals surface area contributed by atoms with Crippen molar-refractivity contribution in [2.75, 3.05) is 0 Å². The molecule has 2 atom stereocenters. The minimum Gasteiger partial charge on any atom is -0.378 e. The molecule has 0 saturated heterocycles. The van der Waals surface area contributed by atoms with Crippen molar-refractivity contribution in [2.45, 2.75) is 42.5 Å². The van der Waals surface area contributed by atoms with E-state index in [1.807, 2.05) is 182 Å². The summed E-state index contributed by atoms with van der Waals surface area (Å²) in [7, 11) is 0. The number of amides is 2. The largest absolute Gasteiger partial charge is 0.378 e. The summed E-state index contributed by atoms with van der Waals surface area (Å²) in [5.74, 6) is -1.11. The van der Waals surface area contributed by atoms with E-state index in [-0.39, 0.29) is 0 Å². The number of aliphatic hydroxyl groups is 2. The van der Waals surface area contributed by atoms with Gasteiger partial charge in [-0.15, -0.1) is 0 Å². The number of rotatable bonds is 14. The SMILES string of the molecule is O=C(CC(=O)N[C@H](Cc1ccccc1)C(O)(c1ccccc1)c1ccccc1)N[C@H](Cc1ccccc1)C(O)(c1ccccc1)c1ccccc1. The lowest BCUT2D eigenvalue weighted by Crippen LogP contribution is -2.55. The van der Waals surface area contributed by atoms with E-state index in [4.69, 9.17) is 0 Å². The second-order valence-electron chi connectivity index (χ2n) is 12.8. The zero-order chi connectivity index (χ0) is 35.5. The third-order valence-electron chi connectivity index (χ3n) is 9.42. The van der Waals surface area contributed by atoms with E-state index >= 15 is 0 Å². The average molecular weight is 675 g/mol. The van der Waals surface area contributed by atoms with Gasteiger partial charge in [0.15, 0.2) is 0 Å². The molecule has 51 heavy (non-hydrogen) atoms. The van der Waals surface area contributed by atoms with Crippen LogP contribution < -0.4 is 10.6 Å². The highest BCUT2D eigenvalue weighted by molar-refractivity contribution is 5.97. The van der Waals surface area contributed by atoms with Gasteiger partial charge in [0.1, 0.15) is 17.6 Å². The van der Waals surface area contributed by atoms with Gasteiger partial charge in [-0.1, -0.05) is 182 Å². The molecule has 0 unspecified atom stereocenters. The van der Waals surface area contributed by atoms with Crippen LogP contribution >= 0.6 is 0 Å². The molecule has 0 bridgehead atoms. The predicted octanol–water partition coefficient (Wildman–Crippen LogP) is 6.70. The monoisotopic (exact) mass is 674 g/mol. The van der Waals surface area contributed by atoms with Gasteiger partial charge in [-0.2, -0.15) is 0 Å². The van der Waals surface area contributed by atoms with Crippen molar-refractivity contribution in [1.29, 1.82) is 0 Å². The highest BCUT2D eigenvalue weighted by Crippen LogP contribution is 2.36. The Kier molecular flexibility index (Phi) is 11.2. The standard InChI is InChI=1S/C45H42N2O4/c48-42(46-40(31-34-19-7-1-8-20-34)44(50,36-23-11-3-12-24-36)37-25-13-4-14-26-37)33-43(49)47-41(32-35-21-9-2-10-22-35)45(51,38-27-15-5-16-28-38)39-29-17-6-18-30-39/h1-30,40-41,50-51H,31-33H2,(H,46,48)(H,47,49)/t40-,41-/m1/s1. The van der Waals surface area contributed by atoms with Crippen LogP contribution in [0.3, 0.4) is 0 Å². The van der Waals surface area contributed by atoms with Crippen LogP contribution in [0.4, 0.5) is 0 Å². The van der Waals surface area contributed by atoms with Gasteiger partial charge in [0.05, 0.1) is 12.1 Å². The van der Waals surface area contributed by atoms with Crippen molar-refractivity contribution in [1.82, 2.24) is 10.6 Å². The molecule has 0 spiro atoms. The Morgan fingerprint density at radius 2 is 0.647 bits per heavy atom. The highest BCUT2D eigenvalue weighted by atomic mass is 16.3. The molecular formula is C45H42N2O4. The third kappa shape index (κ3) is 8.15. The zero-order valence-corrected chi connectivity index (χ0v) is 28.3.